The summed E-state index contributed by atoms with van der Waals surface area (Å²) < 4.78 is 5.26. The minimum atomic E-state index is -0.899. The van der Waals surface area contributed by atoms with Crippen molar-refractivity contribution in [3.63, 3.8) is 0 Å². The third-order valence-electron chi connectivity index (χ3n) is 2.91. The fourth-order valence-electron chi connectivity index (χ4n) is 1.39. The van der Waals surface area contributed by atoms with Gasteiger partial charge in [0.2, 0.25) is 0 Å². The van der Waals surface area contributed by atoms with Crippen molar-refractivity contribution in [1.82, 2.24) is 5.32 Å². The van der Waals surface area contributed by atoms with E-state index in [2.05, 4.69) is 5.32 Å². The molecule has 0 radical (unpaired) electrons. The summed E-state index contributed by atoms with van der Waals surface area (Å²) >= 11 is 11.6. The predicted octanol–water partition coefficient (Wildman–Crippen LogP) is 2.99. The Morgan fingerprint density at radius 1 is 1.29 bits per heavy atom. The predicted molar refractivity (Wildman–Crippen MR) is 81.0 cm³/mol. The number of ether oxygens (including phenoxy) is 1. The van der Waals surface area contributed by atoms with E-state index in [9.17, 15) is 9.59 Å². The number of carbonyl (C=O) groups is 2. The normalized spacial score (nSPS) is 11.0. The van der Waals surface area contributed by atoms with Crippen LogP contribution in [0.3, 0.4) is 0 Å². The first-order valence-electron chi connectivity index (χ1n) is 6.30. The van der Waals surface area contributed by atoms with Gasteiger partial charge in [-0.05, 0) is 32.4 Å². The Morgan fingerprint density at radius 2 is 1.95 bits per heavy atom. The maximum atomic E-state index is 11.6. The fourth-order valence-corrected chi connectivity index (χ4v) is 1.68. The second kappa shape index (κ2) is 7.52. The summed E-state index contributed by atoms with van der Waals surface area (Å²) in [5, 5.41) is 12.3. The number of hydrogen-bond acceptors (Lipinski definition) is 3. The summed E-state index contributed by atoms with van der Waals surface area (Å²) in [5.41, 5.74) is -0.877. The Hall–Kier alpha value is -1.46. The molecule has 0 aromatic heterocycles. The second-order valence-electron chi connectivity index (χ2n) is 5.15. The quantitative estimate of drug-likeness (QED) is 0.804. The maximum Gasteiger partial charge on any atom is 0.309 e. The van der Waals surface area contributed by atoms with Gasteiger partial charge in [0.25, 0.3) is 5.91 Å². The van der Waals surface area contributed by atoms with Crippen molar-refractivity contribution in [2.75, 3.05) is 13.2 Å². The van der Waals surface area contributed by atoms with Crippen LogP contribution in [0.1, 0.15) is 20.3 Å². The molecule has 21 heavy (non-hydrogen) atoms. The summed E-state index contributed by atoms with van der Waals surface area (Å²) in [6, 6.07) is 4.70. The second-order valence-corrected chi connectivity index (χ2v) is 5.97. The van der Waals surface area contributed by atoms with E-state index >= 15 is 0 Å². The molecule has 1 aromatic rings. The number of carboxylic acids is 1. The summed E-state index contributed by atoms with van der Waals surface area (Å²) in [7, 11) is 0. The third kappa shape index (κ3) is 5.81. The van der Waals surface area contributed by atoms with Crippen molar-refractivity contribution in [3.05, 3.63) is 28.2 Å². The van der Waals surface area contributed by atoms with E-state index in [0.29, 0.717) is 22.2 Å². The van der Waals surface area contributed by atoms with Gasteiger partial charge in [-0.2, -0.15) is 0 Å². The highest BCUT2D eigenvalue weighted by Crippen LogP contribution is 2.26. The molecule has 0 fully saturated rings. The molecule has 2 N–H and O–H groups in total. The average Bonchev–Trinajstić information content (AvgIpc) is 2.39. The van der Waals surface area contributed by atoms with E-state index in [1.807, 2.05) is 0 Å². The van der Waals surface area contributed by atoms with Crippen molar-refractivity contribution in [1.29, 1.82) is 0 Å². The van der Waals surface area contributed by atoms with E-state index < -0.39 is 11.4 Å². The first kappa shape index (κ1) is 17.6. The standard InChI is InChI=1S/C14H17Cl2NO4/c1-14(2,13(19)20)5-6-17-12(18)8-21-9-3-4-10(15)11(16)7-9/h3-4,7H,5-6,8H2,1-2H3,(H,17,18)(H,19,20). The van der Waals surface area contributed by atoms with Gasteiger partial charge in [0.15, 0.2) is 6.61 Å². The van der Waals surface area contributed by atoms with Crippen LogP contribution in [0.25, 0.3) is 0 Å². The van der Waals surface area contributed by atoms with Gasteiger partial charge in [-0.1, -0.05) is 23.2 Å². The number of amides is 1. The summed E-state index contributed by atoms with van der Waals surface area (Å²) in [6.45, 7) is 3.30. The highest BCUT2D eigenvalue weighted by Gasteiger charge is 2.26. The third-order valence-corrected chi connectivity index (χ3v) is 3.65. The first-order valence-corrected chi connectivity index (χ1v) is 7.06. The Bertz CT molecular complexity index is 532. The summed E-state index contributed by atoms with van der Waals surface area (Å²) in [6.07, 6.45) is 0.334. The van der Waals surface area contributed by atoms with Gasteiger partial charge < -0.3 is 15.2 Å². The SMILES string of the molecule is CC(C)(CCNC(=O)COc1ccc(Cl)c(Cl)c1)C(=O)O. The Labute approximate surface area is 133 Å². The van der Waals surface area contributed by atoms with Crippen LogP contribution in [0.4, 0.5) is 0 Å². The largest absolute Gasteiger partial charge is 0.484 e. The van der Waals surface area contributed by atoms with Gasteiger partial charge in [0.1, 0.15) is 5.75 Å². The molecule has 0 spiro atoms. The monoisotopic (exact) mass is 333 g/mol. The molecule has 0 aliphatic carbocycles. The van der Waals surface area contributed by atoms with E-state index in [1.54, 1.807) is 26.0 Å². The highest BCUT2D eigenvalue weighted by molar-refractivity contribution is 6.42. The van der Waals surface area contributed by atoms with Gasteiger partial charge >= 0.3 is 5.97 Å². The molecule has 0 aliphatic rings. The number of carbonyl (C=O) groups excluding carboxylic acids is 1. The van der Waals surface area contributed by atoms with Gasteiger partial charge in [-0.3, -0.25) is 9.59 Å². The van der Waals surface area contributed by atoms with Crippen LogP contribution >= 0.6 is 23.2 Å². The van der Waals surface area contributed by atoms with Crippen molar-refractivity contribution < 1.29 is 19.4 Å². The Kier molecular flexibility index (Phi) is 6.30. The average molecular weight is 334 g/mol. The van der Waals surface area contributed by atoms with Crippen LogP contribution in [0.15, 0.2) is 18.2 Å². The van der Waals surface area contributed by atoms with Crippen molar-refractivity contribution in [2.45, 2.75) is 20.3 Å². The summed E-state index contributed by atoms with van der Waals surface area (Å²) in [4.78, 5) is 22.5. The lowest BCUT2D eigenvalue weighted by molar-refractivity contribution is -0.147. The molecule has 5 nitrogen and oxygen atoms in total. The number of carboxylic acid groups (broad SMARTS) is 1. The molecule has 0 atom stereocenters. The summed E-state index contributed by atoms with van der Waals surface area (Å²) in [5.74, 6) is -0.795. The zero-order valence-corrected chi connectivity index (χ0v) is 13.3. The first-order chi connectivity index (χ1) is 9.72. The lowest BCUT2D eigenvalue weighted by Crippen LogP contribution is -2.34. The smallest absolute Gasteiger partial charge is 0.309 e. The molecule has 0 aliphatic heterocycles. The van der Waals surface area contributed by atoms with Crippen LogP contribution in [0.2, 0.25) is 10.0 Å². The van der Waals surface area contributed by atoms with Crippen LogP contribution in [-0.2, 0) is 9.59 Å². The number of nitrogens with one attached hydrogen (secondary N) is 1. The molecule has 1 aromatic carbocycles. The molecule has 0 saturated carbocycles. The molecule has 0 heterocycles. The minimum absolute atomic E-state index is 0.175. The van der Waals surface area contributed by atoms with Crippen LogP contribution in [-0.4, -0.2) is 30.1 Å². The topological polar surface area (TPSA) is 75.6 Å². The number of aliphatic carboxylic acids is 1. The van der Waals surface area contributed by atoms with Crippen molar-refractivity contribution in [2.24, 2.45) is 5.41 Å². The van der Waals surface area contributed by atoms with Gasteiger partial charge in [0, 0.05) is 12.6 Å². The van der Waals surface area contributed by atoms with Crippen molar-refractivity contribution in [3.8, 4) is 5.75 Å². The van der Waals surface area contributed by atoms with Crippen molar-refractivity contribution >= 4 is 35.1 Å². The number of benzene rings is 1. The van der Waals surface area contributed by atoms with Gasteiger partial charge in [0.05, 0.1) is 15.5 Å². The lowest BCUT2D eigenvalue weighted by Gasteiger charge is -2.18. The maximum absolute atomic E-state index is 11.6. The van der Waals surface area contributed by atoms with Crippen LogP contribution in [0, 0.1) is 5.41 Å². The molecular weight excluding hydrogens is 317 g/mol. The number of hydrogen-bond donors (Lipinski definition) is 2. The van der Waals surface area contributed by atoms with E-state index in [4.69, 9.17) is 33.0 Å². The Balaban J connectivity index is 2.34. The highest BCUT2D eigenvalue weighted by atomic mass is 35.5. The lowest BCUT2D eigenvalue weighted by atomic mass is 9.90. The van der Waals surface area contributed by atoms with Crippen LogP contribution in [0.5, 0.6) is 5.75 Å². The molecule has 7 heteroatoms. The molecule has 1 amide bonds. The number of rotatable bonds is 7. The molecule has 0 bridgehead atoms. The fraction of sp³-hybridized carbons (Fsp3) is 0.429. The Morgan fingerprint density at radius 3 is 2.52 bits per heavy atom. The van der Waals surface area contributed by atoms with E-state index in [0.717, 1.165) is 0 Å². The molecule has 116 valence electrons. The molecule has 0 saturated heterocycles. The van der Waals surface area contributed by atoms with E-state index in [-0.39, 0.29) is 19.1 Å². The molecule has 1 rings (SSSR count). The van der Waals surface area contributed by atoms with E-state index in [1.165, 1.54) is 6.07 Å². The van der Waals surface area contributed by atoms with Gasteiger partial charge in [-0.25, -0.2) is 0 Å². The number of halogens is 2. The molecular formula is C14H17Cl2NO4. The van der Waals surface area contributed by atoms with Gasteiger partial charge in [-0.15, -0.1) is 0 Å². The minimum Gasteiger partial charge on any atom is -0.484 e. The zero-order valence-electron chi connectivity index (χ0n) is 11.8. The molecule has 0 unspecified atom stereocenters. The van der Waals surface area contributed by atoms with Crippen LogP contribution < -0.4 is 10.1 Å². The zero-order chi connectivity index (χ0) is 16.0.